The average molecular weight is 500 g/mol. The first-order valence-electron chi connectivity index (χ1n) is 12.1. The molecule has 0 saturated heterocycles. The van der Waals surface area contributed by atoms with E-state index in [0.29, 0.717) is 40.6 Å². The average Bonchev–Trinajstić information content (AvgIpc) is 3.44. The van der Waals surface area contributed by atoms with Gasteiger partial charge in [0.25, 0.3) is 5.91 Å². The maximum atomic E-state index is 13.3. The largest absolute Gasteiger partial charge is 0.507 e. The SMILES string of the molecule is COc1cc(C2c3c(-c4cc(C)cc(C)c4O)n[nH]c3C(=O)N2CCO)ccc1OCc1ccccc1. The van der Waals surface area contributed by atoms with Gasteiger partial charge in [-0.05, 0) is 54.3 Å². The fraction of sp³-hybridized carbons (Fsp3) is 0.241. The van der Waals surface area contributed by atoms with E-state index < -0.39 is 6.04 Å². The van der Waals surface area contributed by atoms with Crippen LogP contribution in [0, 0.1) is 13.8 Å². The van der Waals surface area contributed by atoms with Gasteiger partial charge in [0.05, 0.1) is 19.8 Å². The Bertz CT molecular complexity index is 1450. The molecule has 0 bridgehead atoms. The Balaban J connectivity index is 1.58. The van der Waals surface area contributed by atoms with Gasteiger partial charge in [-0.1, -0.05) is 42.5 Å². The number of phenols is 1. The molecule has 0 spiro atoms. The first kappa shape index (κ1) is 24.4. The van der Waals surface area contributed by atoms with E-state index in [-0.39, 0.29) is 24.8 Å². The van der Waals surface area contributed by atoms with Gasteiger partial charge in [0.15, 0.2) is 11.5 Å². The van der Waals surface area contributed by atoms with E-state index >= 15 is 0 Å². The van der Waals surface area contributed by atoms with Crippen LogP contribution in [0.5, 0.6) is 17.2 Å². The number of hydrogen-bond donors (Lipinski definition) is 3. The number of carbonyl (C=O) groups excluding carboxylic acids is 1. The number of fused-ring (bicyclic) bond motifs is 1. The van der Waals surface area contributed by atoms with Crippen molar-refractivity contribution < 1.29 is 24.5 Å². The molecule has 2 heterocycles. The van der Waals surface area contributed by atoms with E-state index in [4.69, 9.17) is 9.47 Å². The summed E-state index contributed by atoms with van der Waals surface area (Å²) >= 11 is 0. The molecule has 3 N–H and O–H groups in total. The highest BCUT2D eigenvalue weighted by Gasteiger charge is 2.42. The van der Waals surface area contributed by atoms with Gasteiger partial charge in [0, 0.05) is 17.7 Å². The van der Waals surface area contributed by atoms with Gasteiger partial charge in [0.2, 0.25) is 0 Å². The molecule has 4 aromatic rings. The molecule has 0 radical (unpaired) electrons. The summed E-state index contributed by atoms with van der Waals surface area (Å²) in [7, 11) is 1.57. The van der Waals surface area contributed by atoms with Crippen LogP contribution in [-0.2, 0) is 6.61 Å². The van der Waals surface area contributed by atoms with Crippen molar-refractivity contribution in [2.75, 3.05) is 20.3 Å². The standard InChI is InChI=1S/C29H29N3O5/c1-17-13-18(2)28(34)21(14-17)25-24-26(31-30-25)29(35)32(11-12-33)27(24)20-9-10-22(23(15-20)36-3)37-16-19-7-5-4-6-8-19/h4-10,13-15,27,33-34H,11-12,16H2,1-3H3,(H,30,31). The smallest absolute Gasteiger partial charge is 0.273 e. The van der Waals surface area contributed by atoms with Crippen molar-refractivity contribution in [1.29, 1.82) is 0 Å². The molecule has 1 aromatic heterocycles. The number of aromatic nitrogens is 2. The van der Waals surface area contributed by atoms with E-state index in [0.717, 1.165) is 22.3 Å². The number of nitrogens with zero attached hydrogens (tertiary/aromatic N) is 2. The Hall–Kier alpha value is -4.30. The Morgan fingerprint density at radius 2 is 1.84 bits per heavy atom. The number of hydrogen-bond acceptors (Lipinski definition) is 6. The summed E-state index contributed by atoms with van der Waals surface area (Å²) in [4.78, 5) is 14.9. The number of benzene rings is 3. The number of carbonyl (C=O) groups is 1. The zero-order chi connectivity index (χ0) is 26.1. The highest BCUT2D eigenvalue weighted by Crippen LogP contribution is 2.46. The molecule has 5 rings (SSSR count). The van der Waals surface area contributed by atoms with Gasteiger partial charge in [-0.25, -0.2) is 0 Å². The summed E-state index contributed by atoms with van der Waals surface area (Å²) in [5.74, 6) is 0.958. The minimum Gasteiger partial charge on any atom is -0.507 e. The summed E-state index contributed by atoms with van der Waals surface area (Å²) in [6.07, 6.45) is 0. The summed E-state index contributed by atoms with van der Waals surface area (Å²) in [6.45, 7) is 4.11. The number of aromatic amines is 1. The predicted octanol–water partition coefficient (Wildman–Crippen LogP) is 4.52. The van der Waals surface area contributed by atoms with Gasteiger partial charge < -0.3 is 24.6 Å². The topological polar surface area (TPSA) is 108 Å². The summed E-state index contributed by atoms with van der Waals surface area (Å²) in [6, 6.07) is 18.6. The second kappa shape index (κ2) is 9.99. The molecule has 0 aliphatic carbocycles. The van der Waals surface area contributed by atoms with E-state index in [9.17, 15) is 15.0 Å². The molecule has 0 fully saturated rings. The lowest BCUT2D eigenvalue weighted by Crippen LogP contribution is -2.32. The van der Waals surface area contributed by atoms with E-state index in [1.807, 2.05) is 74.5 Å². The normalized spacial score (nSPS) is 14.6. The van der Waals surface area contributed by atoms with E-state index in [1.54, 1.807) is 12.0 Å². The molecule has 0 saturated carbocycles. The van der Waals surface area contributed by atoms with Crippen LogP contribution in [0.4, 0.5) is 0 Å². The van der Waals surface area contributed by atoms with Crippen LogP contribution in [0.15, 0.2) is 60.7 Å². The van der Waals surface area contributed by atoms with Gasteiger partial charge in [-0.15, -0.1) is 0 Å². The van der Waals surface area contributed by atoms with Crippen molar-refractivity contribution in [3.05, 3.63) is 94.2 Å². The maximum absolute atomic E-state index is 13.3. The number of amides is 1. The molecule has 1 unspecified atom stereocenters. The molecular formula is C29H29N3O5. The number of ether oxygens (including phenoxy) is 2. The number of aliphatic hydroxyl groups excluding tert-OH is 1. The van der Waals surface area contributed by atoms with Crippen molar-refractivity contribution in [3.63, 3.8) is 0 Å². The molecule has 1 aliphatic heterocycles. The number of aliphatic hydroxyl groups is 1. The second-order valence-electron chi connectivity index (χ2n) is 9.15. The zero-order valence-electron chi connectivity index (χ0n) is 21.0. The number of aromatic hydroxyl groups is 1. The number of rotatable bonds is 8. The van der Waals surface area contributed by atoms with Crippen LogP contribution in [0.25, 0.3) is 11.3 Å². The molecule has 8 heteroatoms. The van der Waals surface area contributed by atoms with Crippen LogP contribution in [0.2, 0.25) is 0 Å². The lowest BCUT2D eigenvalue weighted by molar-refractivity contribution is 0.0706. The number of methoxy groups -OCH3 is 1. The summed E-state index contributed by atoms with van der Waals surface area (Å²) in [5, 5.41) is 27.9. The Morgan fingerprint density at radius 1 is 1.05 bits per heavy atom. The Kier molecular flexibility index (Phi) is 6.58. The highest BCUT2D eigenvalue weighted by molar-refractivity contribution is 6.00. The maximum Gasteiger partial charge on any atom is 0.273 e. The second-order valence-corrected chi connectivity index (χ2v) is 9.15. The predicted molar refractivity (Wildman–Crippen MR) is 139 cm³/mol. The van der Waals surface area contributed by atoms with Gasteiger partial charge in [-0.2, -0.15) is 5.10 Å². The van der Waals surface area contributed by atoms with Crippen molar-refractivity contribution in [3.8, 4) is 28.5 Å². The molecule has 37 heavy (non-hydrogen) atoms. The number of H-pyrrole nitrogens is 1. The molecule has 1 amide bonds. The van der Waals surface area contributed by atoms with Crippen LogP contribution < -0.4 is 9.47 Å². The van der Waals surface area contributed by atoms with Crippen LogP contribution >= 0.6 is 0 Å². The third-order valence-electron chi connectivity index (χ3n) is 6.65. The molecule has 8 nitrogen and oxygen atoms in total. The van der Waals surface area contributed by atoms with Crippen LogP contribution in [0.3, 0.4) is 0 Å². The quantitative estimate of drug-likeness (QED) is 0.329. The number of nitrogens with one attached hydrogen (secondary N) is 1. The molecule has 1 aliphatic rings. The van der Waals surface area contributed by atoms with E-state index in [1.165, 1.54) is 0 Å². The van der Waals surface area contributed by atoms with Crippen molar-refractivity contribution in [1.82, 2.24) is 15.1 Å². The highest BCUT2D eigenvalue weighted by atomic mass is 16.5. The Morgan fingerprint density at radius 3 is 2.57 bits per heavy atom. The monoisotopic (exact) mass is 499 g/mol. The third kappa shape index (κ3) is 4.40. The van der Waals surface area contributed by atoms with Crippen molar-refractivity contribution in [2.45, 2.75) is 26.5 Å². The molecular weight excluding hydrogens is 470 g/mol. The van der Waals surface area contributed by atoms with Gasteiger partial charge >= 0.3 is 0 Å². The van der Waals surface area contributed by atoms with Gasteiger partial charge in [-0.3, -0.25) is 9.89 Å². The molecule has 3 aromatic carbocycles. The fourth-order valence-electron chi connectivity index (χ4n) is 4.94. The zero-order valence-corrected chi connectivity index (χ0v) is 21.0. The van der Waals surface area contributed by atoms with Crippen LogP contribution in [0.1, 0.15) is 44.3 Å². The van der Waals surface area contributed by atoms with Crippen molar-refractivity contribution in [2.24, 2.45) is 0 Å². The lowest BCUT2D eigenvalue weighted by Gasteiger charge is -2.26. The first-order valence-corrected chi connectivity index (χ1v) is 12.1. The molecule has 190 valence electrons. The number of aryl methyl sites for hydroxylation is 2. The number of phenolic OH excluding ortho intramolecular Hbond substituents is 1. The Labute approximate surface area is 215 Å². The van der Waals surface area contributed by atoms with Crippen molar-refractivity contribution >= 4 is 5.91 Å². The number of β-amino-alcohol motifs (C(OH)–C–C–N with tert-alkyl or cyclic N) is 1. The van der Waals surface area contributed by atoms with Gasteiger partial charge in [0.1, 0.15) is 23.7 Å². The minimum absolute atomic E-state index is 0.119. The minimum atomic E-state index is -0.541. The third-order valence-corrected chi connectivity index (χ3v) is 6.65. The summed E-state index contributed by atoms with van der Waals surface area (Å²) < 4.78 is 11.7. The first-order chi connectivity index (χ1) is 17.9. The molecule has 1 atom stereocenters. The lowest BCUT2D eigenvalue weighted by atomic mass is 9.94. The van der Waals surface area contributed by atoms with E-state index in [2.05, 4.69) is 10.2 Å². The summed E-state index contributed by atoms with van der Waals surface area (Å²) in [5.41, 5.74) is 5.54. The van der Waals surface area contributed by atoms with Crippen LogP contribution in [-0.4, -0.2) is 51.5 Å². The fourth-order valence-corrected chi connectivity index (χ4v) is 4.94.